The van der Waals surface area contributed by atoms with Gasteiger partial charge in [0.1, 0.15) is 17.4 Å². The fraction of sp³-hybridized carbons (Fsp3) is 0.571. The maximum absolute atomic E-state index is 11.9. The van der Waals surface area contributed by atoms with Crippen LogP contribution in [0.25, 0.3) is 0 Å². The van der Waals surface area contributed by atoms with E-state index in [-0.39, 0.29) is 18.0 Å². The van der Waals surface area contributed by atoms with Crippen molar-refractivity contribution >= 4 is 11.9 Å². The van der Waals surface area contributed by atoms with Gasteiger partial charge in [0, 0.05) is 11.6 Å². The first kappa shape index (κ1) is 13.5. The van der Waals surface area contributed by atoms with E-state index in [0.717, 1.165) is 31.2 Å². The lowest BCUT2D eigenvalue weighted by Crippen LogP contribution is -2.39. The van der Waals surface area contributed by atoms with Gasteiger partial charge in [-0.15, -0.1) is 0 Å². The fourth-order valence-electron chi connectivity index (χ4n) is 2.42. The number of carbonyl (C=O) groups is 1. The number of aryl methyl sites for hydroxylation is 1. The number of anilines is 1. The van der Waals surface area contributed by atoms with Gasteiger partial charge >= 0.3 is 6.03 Å². The number of rotatable bonds is 2. The molecule has 19 heavy (non-hydrogen) atoms. The molecule has 1 aromatic heterocycles. The quantitative estimate of drug-likeness (QED) is 0.858. The van der Waals surface area contributed by atoms with Crippen molar-refractivity contribution < 1.29 is 9.21 Å². The van der Waals surface area contributed by atoms with Gasteiger partial charge in [-0.3, -0.25) is 5.32 Å². The average molecular weight is 261 g/mol. The molecule has 0 aliphatic heterocycles. The molecule has 1 aromatic rings. The van der Waals surface area contributed by atoms with E-state index >= 15 is 0 Å². The van der Waals surface area contributed by atoms with Crippen LogP contribution in [0.2, 0.25) is 0 Å². The zero-order valence-electron chi connectivity index (χ0n) is 11.4. The lowest BCUT2D eigenvalue weighted by molar-refractivity contribution is 0.243. The van der Waals surface area contributed by atoms with Crippen LogP contribution in [0.3, 0.4) is 0 Å². The minimum atomic E-state index is -0.294. The van der Waals surface area contributed by atoms with Gasteiger partial charge in [0.2, 0.25) is 5.88 Å². The number of nitrogens with one attached hydrogen (secondary N) is 2. The predicted octanol–water partition coefficient (Wildman–Crippen LogP) is 3.22. The summed E-state index contributed by atoms with van der Waals surface area (Å²) >= 11 is 0. The van der Waals surface area contributed by atoms with Crippen molar-refractivity contribution in [2.45, 2.75) is 52.0 Å². The Morgan fingerprint density at radius 2 is 2.00 bits per heavy atom. The van der Waals surface area contributed by atoms with E-state index in [1.54, 1.807) is 6.92 Å². The Hall–Kier alpha value is -1.96. The lowest BCUT2D eigenvalue weighted by Gasteiger charge is -2.22. The largest absolute Gasteiger partial charge is 0.444 e. The molecule has 0 radical (unpaired) electrons. The summed E-state index contributed by atoms with van der Waals surface area (Å²) in [7, 11) is 0. The standard InChI is InChI=1S/C14H19N3O2/c1-9-10(2)19-13(12(9)8-15)17-14(18)16-11-6-4-3-5-7-11/h11H,3-7H2,1-2H3,(H2,16,17,18). The Bertz CT molecular complexity index is 507. The minimum Gasteiger partial charge on any atom is -0.444 e. The van der Waals surface area contributed by atoms with Gasteiger partial charge in [0.25, 0.3) is 0 Å². The zero-order chi connectivity index (χ0) is 13.8. The Labute approximate surface area is 113 Å². The Morgan fingerprint density at radius 1 is 1.32 bits per heavy atom. The number of nitrogens with zero attached hydrogens (tertiary/aromatic N) is 1. The number of furan rings is 1. The molecular weight excluding hydrogens is 242 g/mol. The Balaban J connectivity index is 1.99. The van der Waals surface area contributed by atoms with Crippen LogP contribution in [-0.2, 0) is 0 Å². The maximum atomic E-state index is 11.9. The molecule has 1 aliphatic rings. The summed E-state index contributed by atoms with van der Waals surface area (Å²) in [5.41, 5.74) is 1.17. The summed E-state index contributed by atoms with van der Waals surface area (Å²) in [5.74, 6) is 0.898. The molecular formula is C14H19N3O2. The first-order valence-corrected chi connectivity index (χ1v) is 6.69. The van der Waals surface area contributed by atoms with Crippen LogP contribution < -0.4 is 10.6 Å². The third-order valence-electron chi connectivity index (χ3n) is 3.66. The van der Waals surface area contributed by atoms with Crippen LogP contribution in [0.1, 0.15) is 49.0 Å². The highest BCUT2D eigenvalue weighted by atomic mass is 16.4. The van der Waals surface area contributed by atoms with Crippen LogP contribution in [0.5, 0.6) is 0 Å². The summed E-state index contributed by atoms with van der Waals surface area (Å²) in [6, 6.07) is 2.00. The van der Waals surface area contributed by atoms with Crippen molar-refractivity contribution in [3.8, 4) is 6.07 Å². The topological polar surface area (TPSA) is 78.1 Å². The number of carbonyl (C=O) groups excluding carboxylic acids is 1. The van der Waals surface area contributed by atoms with Gasteiger partial charge in [-0.25, -0.2) is 4.79 Å². The Morgan fingerprint density at radius 3 is 2.63 bits per heavy atom. The highest BCUT2D eigenvalue weighted by molar-refractivity contribution is 5.89. The summed E-state index contributed by atoms with van der Waals surface area (Å²) in [4.78, 5) is 11.9. The van der Waals surface area contributed by atoms with E-state index in [2.05, 4.69) is 16.7 Å². The van der Waals surface area contributed by atoms with E-state index in [1.807, 2.05) is 6.92 Å². The van der Waals surface area contributed by atoms with Crippen molar-refractivity contribution in [3.63, 3.8) is 0 Å². The summed E-state index contributed by atoms with van der Waals surface area (Å²) in [5, 5.41) is 14.6. The normalized spacial score (nSPS) is 15.8. The lowest BCUT2D eigenvalue weighted by atomic mass is 9.96. The molecule has 1 heterocycles. The second-order valence-electron chi connectivity index (χ2n) is 5.03. The van der Waals surface area contributed by atoms with E-state index in [9.17, 15) is 4.79 Å². The van der Waals surface area contributed by atoms with Gasteiger partial charge in [-0.2, -0.15) is 5.26 Å². The highest BCUT2D eigenvalue weighted by Gasteiger charge is 2.19. The van der Waals surface area contributed by atoms with E-state index in [4.69, 9.17) is 9.68 Å². The molecule has 1 fully saturated rings. The van der Waals surface area contributed by atoms with Crippen molar-refractivity contribution in [2.24, 2.45) is 0 Å². The minimum absolute atomic E-state index is 0.233. The molecule has 1 saturated carbocycles. The molecule has 5 nitrogen and oxygen atoms in total. The molecule has 1 aliphatic carbocycles. The monoisotopic (exact) mass is 261 g/mol. The molecule has 2 rings (SSSR count). The number of amides is 2. The number of hydrogen-bond donors (Lipinski definition) is 2. The number of urea groups is 1. The number of hydrogen-bond acceptors (Lipinski definition) is 3. The third-order valence-corrected chi connectivity index (χ3v) is 3.66. The second-order valence-corrected chi connectivity index (χ2v) is 5.03. The van der Waals surface area contributed by atoms with Crippen molar-refractivity contribution in [2.75, 3.05) is 5.32 Å². The molecule has 2 N–H and O–H groups in total. The number of nitriles is 1. The fourth-order valence-corrected chi connectivity index (χ4v) is 2.42. The molecule has 2 amide bonds. The summed E-state index contributed by atoms with van der Waals surface area (Å²) < 4.78 is 5.40. The van der Waals surface area contributed by atoms with Crippen molar-refractivity contribution in [1.82, 2.24) is 5.32 Å². The first-order chi connectivity index (χ1) is 9.11. The predicted molar refractivity (Wildman–Crippen MR) is 71.9 cm³/mol. The van der Waals surface area contributed by atoms with Crippen LogP contribution >= 0.6 is 0 Å². The van der Waals surface area contributed by atoms with Gasteiger partial charge in [0.05, 0.1) is 0 Å². The molecule has 0 saturated heterocycles. The van der Waals surface area contributed by atoms with E-state index in [1.165, 1.54) is 6.42 Å². The first-order valence-electron chi connectivity index (χ1n) is 6.69. The summed E-state index contributed by atoms with van der Waals surface area (Å²) in [6.07, 6.45) is 5.61. The van der Waals surface area contributed by atoms with Crippen LogP contribution in [-0.4, -0.2) is 12.1 Å². The SMILES string of the molecule is Cc1oc(NC(=O)NC2CCCCC2)c(C#N)c1C. The summed E-state index contributed by atoms with van der Waals surface area (Å²) in [6.45, 7) is 3.59. The molecule has 0 unspecified atom stereocenters. The molecule has 5 heteroatoms. The van der Waals surface area contributed by atoms with E-state index < -0.39 is 0 Å². The van der Waals surface area contributed by atoms with Gasteiger partial charge < -0.3 is 9.73 Å². The van der Waals surface area contributed by atoms with Crippen LogP contribution in [0, 0.1) is 25.2 Å². The van der Waals surface area contributed by atoms with E-state index in [0.29, 0.717) is 11.3 Å². The maximum Gasteiger partial charge on any atom is 0.321 e. The smallest absolute Gasteiger partial charge is 0.321 e. The van der Waals surface area contributed by atoms with Crippen LogP contribution in [0.4, 0.5) is 10.7 Å². The molecule has 0 spiro atoms. The van der Waals surface area contributed by atoms with Crippen molar-refractivity contribution in [1.29, 1.82) is 5.26 Å². The van der Waals surface area contributed by atoms with Crippen LogP contribution in [0.15, 0.2) is 4.42 Å². The molecule has 0 aromatic carbocycles. The molecule has 0 bridgehead atoms. The van der Waals surface area contributed by atoms with Gasteiger partial charge in [0.15, 0.2) is 0 Å². The van der Waals surface area contributed by atoms with Crippen molar-refractivity contribution in [3.05, 3.63) is 16.9 Å². The Kier molecular flexibility index (Phi) is 4.10. The zero-order valence-corrected chi connectivity index (χ0v) is 11.4. The van der Waals surface area contributed by atoms with Gasteiger partial charge in [-0.05, 0) is 26.7 Å². The second kappa shape index (κ2) is 5.79. The third kappa shape index (κ3) is 3.08. The highest BCUT2D eigenvalue weighted by Crippen LogP contribution is 2.25. The molecule has 102 valence electrons. The average Bonchev–Trinajstić information content (AvgIpc) is 2.65. The van der Waals surface area contributed by atoms with Gasteiger partial charge in [-0.1, -0.05) is 19.3 Å². The molecule has 0 atom stereocenters.